The van der Waals surface area contributed by atoms with Crippen molar-refractivity contribution in [1.82, 2.24) is 14.8 Å². The van der Waals surface area contributed by atoms with Gasteiger partial charge in [-0.15, -0.1) is 11.3 Å². The summed E-state index contributed by atoms with van der Waals surface area (Å²) in [4.78, 5) is 30.8. The van der Waals surface area contributed by atoms with Gasteiger partial charge in [0.05, 0.1) is 10.7 Å². The molecule has 10 heteroatoms. The number of amides is 1. The van der Waals surface area contributed by atoms with Gasteiger partial charge in [-0.25, -0.2) is 9.78 Å². The van der Waals surface area contributed by atoms with Gasteiger partial charge in [-0.2, -0.15) is 13.2 Å². The van der Waals surface area contributed by atoms with Crippen molar-refractivity contribution < 1.29 is 27.9 Å². The molecule has 2 unspecified atom stereocenters. The molecule has 2 aromatic rings. The lowest BCUT2D eigenvalue weighted by Gasteiger charge is -2.21. The summed E-state index contributed by atoms with van der Waals surface area (Å²) < 4.78 is 31.7. The number of fused-ring (bicyclic) bond motifs is 1. The van der Waals surface area contributed by atoms with E-state index in [1.54, 1.807) is 11.3 Å². The highest BCUT2D eigenvalue weighted by molar-refractivity contribution is 7.09. The molecular formula is C21H24F3N3O3S. The molecule has 4 rings (SSSR count). The summed E-state index contributed by atoms with van der Waals surface area (Å²) in [7, 11) is 0. The monoisotopic (exact) mass is 455 g/mol. The summed E-state index contributed by atoms with van der Waals surface area (Å²) >= 11 is 1.72. The number of aryl methyl sites for hydroxylation is 2. The Labute approximate surface area is 182 Å². The van der Waals surface area contributed by atoms with E-state index < -0.39 is 12.1 Å². The number of aromatic nitrogens is 1. The Bertz CT molecular complexity index is 933. The van der Waals surface area contributed by atoms with Crippen LogP contribution in [0.15, 0.2) is 29.6 Å². The SMILES string of the molecule is Cc1nc(CN2CC3CN(C(=O)c4ccccc4C)CC3C2)cs1.O=C(O)C(F)(F)F. The van der Waals surface area contributed by atoms with Crippen LogP contribution in [0.1, 0.15) is 26.6 Å². The van der Waals surface area contributed by atoms with Gasteiger partial charge >= 0.3 is 12.1 Å². The highest BCUT2D eigenvalue weighted by Gasteiger charge is 2.42. The highest BCUT2D eigenvalue weighted by atomic mass is 32.1. The number of rotatable bonds is 3. The van der Waals surface area contributed by atoms with Crippen LogP contribution in [0.2, 0.25) is 0 Å². The molecule has 3 heterocycles. The van der Waals surface area contributed by atoms with Crippen LogP contribution in [0.5, 0.6) is 0 Å². The number of carbonyl (C=O) groups excluding carboxylic acids is 1. The van der Waals surface area contributed by atoms with Crippen molar-refractivity contribution in [3.05, 3.63) is 51.5 Å². The molecule has 2 atom stereocenters. The standard InChI is InChI=1S/C19H23N3OS.C2HF3O2/c1-13-5-3-4-6-18(13)19(23)22-9-15-7-21(8-16(15)10-22)11-17-12-24-14(2)20-17;3-2(4,5)1(6)7/h3-6,12,15-16H,7-11H2,1-2H3;(H,6,7). The van der Waals surface area contributed by atoms with Crippen molar-refractivity contribution >= 4 is 23.2 Å². The first-order valence-corrected chi connectivity index (χ1v) is 10.7. The van der Waals surface area contributed by atoms with Crippen molar-refractivity contribution in [3.8, 4) is 0 Å². The molecule has 2 fully saturated rings. The minimum absolute atomic E-state index is 0.198. The fourth-order valence-corrected chi connectivity index (χ4v) is 4.68. The van der Waals surface area contributed by atoms with Crippen LogP contribution >= 0.6 is 11.3 Å². The van der Waals surface area contributed by atoms with Gasteiger partial charge in [0.25, 0.3) is 5.91 Å². The molecule has 0 spiro atoms. The molecule has 0 bridgehead atoms. The van der Waals surface area contributed by atoms with E-state index >= 15 is 0 Å². The lowest BCUT2D eigenvalue weighted by Crippen LogP contribution is -2.33. The molecule has 1 aromatic heterocycles. The second-order valence-corrected chi connectivity index (χ2v) is 8.96. The van der Waals surface area contributed by atoms with E-state index in [2.05, 4.69) is 27.1 Å². The first-order valence-electron chi connectivity index (χ1n) is 9.83. The Morgan fingerprint density at radius 1 is 1.13 bits per heavy atom. The van der Waals surface area contributed by atoms with E-state index in [1.807, 2.05) is 31.2 Å². The van der Waals surface area contributed by atoms with Crippen LogP contribution in [0, 0.1) is 25.7 Å². The van der Waals surface area contributed by atoms with Crippen molar-refractivity contribution in [2.24, 2.45) is 11.8 Å². The average Bonchev–Trinajstić information content (AvgIpc) is 3.36. The maximum Gasteiger partial charge on any atom is 0.490 e. The van der Waals surface area contributed by atoms with Gasteiger partial charge in [0.2, 0.25) is 0 Å². The van der Waals surface area contributed by atoms with E-state index in [1.165, 1.54) is 5.69 Å². The third kappa shape index (κ3) is 5.82. The molecule has 0 radical (unpaired) electrons. The molecule has 0 saturated carbocycles. The molecule has 1 amide bonds. The van der Waals surface area contributed by atoms with Crippen LogP contribution in [-0.4, -0.2) is 64.1 Å². The molecule has 1 aromatic carbocycles. The van der Waals surface area contributed by atoms with Crippen molar-refractivity contribution in [1.29, 1.82) is 0 Å². The number of aliphatic carboxylic acids is 1. The summed E-state index contributed by atoms with van der Waals surface area (Å²) in [6, 6.07) is 7.90. The minimum atomic E-state index is -5.08. The number of likely N-dealkylation sites (tertiary alicyclic amines) is 2. The second kappa shape index (κ2) is 9.35. The molecule has 6 nitrogen and oxygen atoms in total. The molecule has 2 aliphatic heterocycles. The van der Waals surface area contributed by atoms with Crippen LogP contribution in [-0.2, 0) is 11.3 Å². The number of carboxylic acid groups (broad SMARTS) is 1. The van der Waals surface area contributed by atoms with E-state index in [0.717, 1.165) is 48.9 Å². The predicted octanol–water partition coefficient (Wildman–Crippen LogP) is 3.60. The zero-order valence-electron chi connectivity index (χ0n) is 17.2. The summed E-state index contributed by atoms with van der Waals surface area (Å²) in [6.07, 6.45) is -5.08. The molecule has 0 aliphatic carbocycles. The Morgan fingerprint density at radius 3 is 2.19 bits per heavy atom. The van der Waals surface area contributed by atoms with Crippen LogP contribution in [0.25, 0.3) is 0 Å². The van der Waals surface area contributed by atoms with Crippen LogP contribution < -0.4 is 0 Å². The van der Waals surface area contributed by atoms with Crippen molar-refractivity contribution in [2.75, 3.05) is 26.2 Å². The summed E-state index contributed by atoms with van der Waals surface area (Å²) in [5, 5.41) is 10.4. The molecule has 2 aliphatic rings. The number of hydrogen-bond donors (Lipinski definition) is 1. The van der Waals surface area contributed by atoms with Gasteiger partial charge in [0.1, 0.15) is 0 Å². The Kier molecular flexibility index (Phi) is 7.00. The molecule has 1 N–H and O–H groups in total. The Hall–Kier alpha value is -2.46. The van der Waals surface area contributed by atoms with Gasteiger partial charge in [0, 0.05) is 43.7 Å². The number of carbonyl (C=O) groups is 2. The fraction of sp³-hybridized carbons (Fsp3) is 0.476. The van der Waals surface area contributed by atoms with Gasteiger partial charge in [-0.3, -0.25) is 9.69 Å². The summed E-state index contributed by atoms with van der Waals surface area (Å²) in [5.74, 6) is -1.34. The van der Waals surface area contributed by atoms with E-state index in [-0.39, 0.29) is 5.91 Å². The predicted molar refractivity (Wildman–Crippen MR) is 110 cm³/mol. The first kappa shape index (κ1) is 23.2. The topological polar surface area (TPSA) is 73.7 Å². The smallest absolute Gasteiger partial charge is 0.475 e. The lowest BCUT2D eigenvalue weighted by atomic mass is 10.0. The zero-order valence-corrected chi connectivity index (χ0v) is 18.0. The van der Waals surface area contributed by atoms with Crippen LogP contribution in [0.3, 0.4) is 0 Å². The van der Waals surface area contributed by atoms with Gasteiger partial charge in [-0.05, 0) is 37.3 Å². The number of halogens is 3. The average molecular weight is 456 g/mol. The second-order valence-electron chi connectivity index (χ2n) is 7.90. The van der Waals surface area contributed by atoms with Gasteiger partial charge < -0.3 is 10.0 Å². The molecule has 168 valence electrons. The highest BCUT2D eigenvalue weighted by Crippen LogP contribution is 2.33. The number of carboxylic acids is 1. The first-order chi connectivity index (χ1) is 14.5. The fourth-order valence-electron chi connectivity index (χ4n) is 4.08. The normalized spacial score (nSPS) is 20.9. The molecule has 31 heavy (non-hydrogen) atoms. The number of hydrogen-bond acceptors (Lipinski definition) is 5. The maximum absolute atomic E-state index is 12.8. The Balaban J connectivity index is 0.000000339. The third-order valence-corrected chi connectivity index (χ3v) is 6.34. The largest absolute Gasteiger partial charge is 0.490 e. The number of thiazole rings is 1. The van der Waals surface area contributed by atoms with Crippen LogP contribution in [0.4, 0.5) is 13.2 Å². The minimum Gasteiger partial charge on any atom is -0.475 e. The van der Waals surface area contributed by atoms with E-state index in [0.29, 0.717) is 11.8 Å². The lowest BCUT2D eigenvalue weighted by molar-refractivity contribution is -0.192. The van der Waals surface area contributed by atoms with Gasteiger partial charge in [0.15, 0.2) is 0 Å². The van der Waals surface area contributed by atoms with E-state index in [9.17, 15) is 18.0 Å². The van der Waals surface area contributed by atoms with Crippen molar-refractivity contribution in [2.45, 2.75) is 26.6 Å². The third-order valence-electron chi connectivity index (χ3n) is 5.52. The number of benzene rings is 1. The van der Waals surface area contributed by atoms with E-state index in [4.69, 9.17) is 9.90 Å². The molecular weight excluding hydrogens is 431 g/mol. The van der Waals surface area contributed by atoms with Crippen molar-refractivity contribution in [3.63, 3.8) is 0 Å². The summed E-state index contributed by atoms with van der Waals surface area (Å²) in [5.41, 5.74) is 3.11. The quantitative estimate of drug-likeness (QED) is 0.766. The van der Waals surface area contributed by atoms with Gasteiger partial charge in [-0.1, -0.05) is 18.2 Å². The Morgan fingerprint density at radius 2 is 1.71 bits per heavy atom. The zero-order chi connectivity index (χ0) is 22.8. The summed E-state index contributed by atoms with van der Waals surface area (Å²) in [6.45, 7) is 8.97. The maximum atomic E-state index is 12.8. The number of nitrogens with zero attached hydrogens (tertiary/aromatic N) is 3. The number of alkyl halides is 3. The molecule has 2 saturated heterocycles.